The van der Waals surface area contributed by atoms with Crippen molar-refractivity contribution in [2.24, 2.45) is 10.7 Å². The molecule has 1 aromatic rings. The van der Waals surface area contributed by atoms with E-state index < -0.39 is 0 Å². The minimum absolute atomic E-state index is 0. The summed E-state index contributed by atoms with van der Waals surface area (Å²) in [4.78, 5) is 9.13. The molecule has 7 heteroatoms. The molecule has 134 valence electrons. The standard InChI is InChI=1S/C17H25ClN4O.HI/c1-21(13-6-7-13)17(19)20-12-16(22-8-10-23-11-9-22)14-4-2-3-5-15(14)18;/h2-5,13,16H,6-12H2,1H3,(H2,19,20);1H. The van der Waals surface area contributed by atoms with Gasteiger partial charge in [0, 0.05) is 31.2 Å². The number of hydrogen-bond donors (Lipinski definition) is 1. The molecule has 1 atom stereocenters. The number of hydrogen-bond acceptors (Lipinski definition) is 3. The summed E-state index contributed by atoms with van der Waals surface area (Å²) in [6, 6.07) is 8.71. The van der Waals surface area contributed by atoms with Crippen molar-refractivity contribution in [1.29, 1.82) is 0 Å². The number of benzene rings is 1. The summed E-state index contributed by atoms with van der Waals surface area (Å²) in [5, 5.41) is 0.785. The Morgan fingerprint density at radius 3 is 2.67 bits per heavy atom. The molecule has 2 fully saturated rings. The molecule has 1 aliphatic heterocycles. The van der Waals surface area contributed by atoms with Crippen molar-refractivity contribution in [3.05, 3.63) is 34.9 Å². The van der Waals surface area contributed by atoms with Crippen LogP contribution >= 0.6 is 35.6 Å². The predicted molar refractivity (Wildman–Crippen MR) is 109 cm³/mol. The molecule has 0 amide bonds. The fourth-order valence-corrected chi connectivity index (χ4v) is 3.25. The SMILES string of the molecule is CN(C(N)=NCC(c1ccccc1Cl)N1CCOCC1)C1CC1.I. The van der Waals surface area contributed by atoms with Gasteiger partial charge in [0.1, 0.15) is 0 Å². The predicted octanol–water partition coefficient (Wildman–Crippen LogP) is 2.74. The molecule has 3 rings (SSSR count). The molecule has 2 aliphatic rings. The molecule has 5 nitrogen and oxygen atoms in total. The van der Waals surface area contributed by atoms with Gasteiger partial charge in [-0.25, -0.2) is 0 Å². The van der Waals surface area contributed by atoms with Gasteiger partial charge in [-0.05, 0) is 24.5 Å². The van der Waals surface area contributed by atoms with Gasteiger partial charge in [-0.2, -0.15) is 0 Å². The van der Waals surface area contributed by atoms with Crippen LogP contribution in [0, 0.1) is 0 Å². The van der Waals surface area contributed by atoms with Crippen LogP contribution in [0.4, 0.5) is 0 Å². The third kappa shape index (κ3) is 4.97. The molecule has 0 aromatic heterocycles. The van der Waals surface area contributed by atoms with Crippen molar-refractivity contribution < 1.29 is 4.74 Å². The zero-order valence-corrected chi connectivity index (χ0v) is 17.1. The van der Waals surface area contributed by atoms with E-state index in [9.17, 15) is 0 Å². The fourth-order valence-electron chi connectivity index (χ4n) is 2.99. The van der Waals surface area contributed by atoms with Crippen LogP contribution in [0.25, 0.3) is 0 Å². The van der Waals surface area contributed by atoms with Gasteiger partial charge in [-0.1, -0.05) is 29.8 Å². The highest BCUT2D eigenvalue weighted by atomic mass is 127. The number of ether oxygens (including phenoxy) is 1. The van der Waals surface area contributed by atoms with E-state index in [0.29, 0.717) is 18.5 Å². The van der Waals surface area contributed by atoms with Crippen LogP contribution in [0.3, 0.4) is 0 Å². The van der Waals surface area contributed by atoms with Crippen LogP contribution in [0.5, 0.6) is 0 Å². The summed E-state index contributed by atoms with van der Waals surface area (Å²) >= 11 is 6.43. The molecule has 1 heterocycles. The van der Waals surface area contributed by atoms with Crippen molar-refractivity contribution in [1.82, 2.24) is 9.80 Å². The molecule has 0 bridgehead atoms. The number of rotatable bonds is 5. The average Bonchev–Trinajstić information content (AvgIpc) is 3.41. The summed E-state index contributed by atoms with van der Waals surface area (Å²) in [7, 11) is 2.02. The Bertz CT molecular complexity index is 561. The summed E-state index contributed by atoms with van der Waals surface area (Å²) in [5.41, 5.74) is 7.26. The van der Waals surface area contributed by atoms with Gasteiger partial charge in [-0.15, -0.1) is 24.0 Å². The van der Waals surface area contributed by atoms with Gasteiger partial charge in [0.2, 0.25) is 0 Å². The monoisotopic (exact) mass is 464 g/mol. The van der Waals surface area contributed by atoms with E-state index in [-0.39, 0.29) is 30.0 Å². The maximum Gasteiger partial charge on any atom is 0.191 e. The molecule has 1 saturated carbocycles. The second-order valence-corrected chi connectivity index (χ2v) is 6.63. The summed E-state index contributed by atoms with van der Waals surface area (Å²) in [6.07, 6.45) is 2.42. The second kappa shape index (κ2) is 9.22. The molecule has 2 N–H and O–H groups in total. The van der Waals surface area contributed by atoms with Crippen LogP contribution in [0.2, 0.25) is 5.02 Å². The number of guanidine groups is 1. The van der Waals surface area contributed by atoms with Crippen LogP contribution in [-0.4, -0.2) is 61.7 Å². The maximum atomic E-state index is 6.43. The zero-order valence-electron chi connectivity index (χ0n) is 14.0. The Hall–Kier alpha value is -0.570. The quantitative estimate of drug-likeness (QED) is 0.414. The van der Waals surface area contributed by atoms with Gasteiger partial charge in [0.05, 0.1) is 25.8 Å². The zero-order chi connectivity index (χ0) is 16.2. The number of aliphatic imine (C=N–C) groups is 1. The Kier molecular flexibility index (Phi) is 7.59. The first-order chi connectivity index (χ1) is 11.2. The molecule has 1 unspecified atom stereocenters. The van der Waals surface area contributed by atoms with E-state index in [4.69, 9.17) is 22.1 Å². The molecule has 24 heavy (non-hydrogen) atoms. The molecule has 0 spiro atoms. The highest BCUT2D eigenvalue weighted by Crippen LogP contribution is 2.29. The number of nitrogens with zero attached hydrogens (tertiary/aromatic N) is 3. The molecular formula is C17H26ClIN4O. The molecule has 1 aromatic carbocycles. The Morgan fingerprint density at radius 1 is 1.38 bits per heavy atom. The molecular weight excluding hydrogens is 439 g/mol. The average molecular weight is 465 g/mol. The Morgan fingerprint density at radius 2 is 2.04 bits per heavy atom. The lowest BCUT2D eigenvalue weighted by molar-refractivity contribution is 0.0179. The summed E-state index contributed by atoms with van der Waals surface area (Å²) in [6.45, 7) is 3.91. The molecule has 1 saturated heterocycles. The van der Waals surface area contributed by atoms with E-state index in [1.807, 2.05) is 25.2 Å². The van der Waals surface area contributed by atoms with Gasteiger partial charge < -0.3 is 15.4 Å². The van der Waals surface area contributed by atoms with Crippen molar-refractivity contribution >= 4 is 41.5 Å². The van der Waals surface area contributed by atoms with Crippen LogP contribution in [0.15, 0.2) is 29.3 Å². The first kappa shape index (κ1) is 19.8. The second-order valence-electron chi connectivity index (χ2n) is 6.23. The van der Waals surface area contributed by atoms with Crippen LogP contribution in [-0.2, 0) is 4.74 Å². The van der Waals surface area contributed by atoms with Crippen LogP contribution in [0.1, 0.15) is 24.4 Å². The van der Waals surface area contributed by atoms with Crippen molar-refractivity contribution in [2.45, 2.75) is 24.9 Å². The number of nitrogens with two attached hydrogens (primary N) is 1. The minimum Gasteiger partial charge on any atom is -0.379 e. The summed E-state index contributed by atoms with van der Waals surface area (Å²) in [5.74, 6) is 0.623. The van der Waals surface area contributed by atoms with Crippen LogP contribution < -0.4 is 5.73 Å². The van der Waals surface area contributed by atoms with E-state index >= 15 is 0 Å². The molecule has 0 radical (unpaired) electrons. The topological polar surface area (TPSA) is 54.1 Å². The van der Waals surface area contributed by atoms with Gasteiger partial charge in [-0.3, -0.25) is 9.89 Å². The fraction of sp³-hybridized carbons (Fsp3) is 0.588. The lowest BCUT2D eigenvalue weighted by Gasteiger charge is -2.34. The normalized spacial score (nSPS) is 20.3. The van der Waals surface area contributed by atoms with Crippen molar-refractivity contribution in [2.75, 3.05) is 39.9 Å². The van der Waals surface area contributed by atoms with E-state index in [0.717, 1.165) is 36.9 Å². The number of halogens is 2. The smallest absolute Gasteiger partial charge is 0.191 e. The first-order valence-corrected chi connectivity index (χ1v) is 8.63. The van der Waals surface area contributed by atoms with Crippen molar-refractivity contribution in [3.8, 4) is 0 Å². The lowest BCUT2D eigenvalue weighted by atomic mass is 10.0. The van der Waals surface area contributed by atoms with E-state index in [2.05, 4.69) is 20.9 Å². The Labute approximate surface area is 166 Å². The lowest BCUT2D eigenvalue weighted by Crippen LogP contribution is -2.41. The van der Waals surface area contributed by atoms with Crippen molar-refractivity contribution in [3.63, 3.8) is 0 Å². The first-order valence-electron chi connectivity index (χ1n) is 8.26. The van der Waals surface area contributed by atoms with E-state index in [1.165, 1.54) is 12.8 Å². The Balaban J connectivity index is 0.00000208. The third-order valence-electron chi connectivity index (χ3n) is 4.63. The van der Waals surface area contributed by atoms with E-state index in [1.54, 1.807) is 0 Å². The highest BCUT2D eigenvalue weighted by molar-refractivity contribution is 14.0. The number of morpholine rings is 1. The third-order valence-corrected chi connectivity index (χ3v) is 4.98. The molecule has 1 aliphatic carbocycles. The summed E-state index contributed by atoms with van der Waals surface area (Å²) < 4.78 is 5.48. The van der Waals surface area contributed by atoms with Gasteiger partial charge in [0.25, 0.3) is 0 Å². The maximum absolute atomic E-state index is 6.43. The van der Waals surface area contributed by atoms with Gasteiger partial charge in [0.15, 0.2) is 5.96 Å². The largest absolute Gasteiger partial charge is 0.379 e. The minimum atomic E-state index is 0. The van der Waals surface area contributed by atoms with Gasteiger partial charge >= 0.3 is 0 Å². The highest BCUT2D eigenvalue weighted by Gasteiger charge is 2.28.